The number of amides is 3. The van der Waals surface area contributed by atoms with Gasteiger partial charge in [-0.2, -0.15) is 0 Å². The molecule has 3 aromatic rings. The lowest BCUT2D eigenvalue weighted by molar-refractivity contribution is -0.117. The average Bonchev–Trinajstić information content (AvgIpc) is 3.09. The summed E-state index contributed by atoms with van der Waals surface area (Å²) >= 11 is 17.7. The molecule has 52 heavy (non-hydrogen) atoms. The van der Waals surface area contributed by atoms with Gasteiger partial charge in [-0.3, -0.25) is 14.4 Å². The highest BCUT2D eigenvalue weighted by Gasteiger charge is 2.55. The second-order valence-electron chi connectivity index (χ2n) is 11.4. The zero-order chi connectivity index (χ0) is 39.5. The fourth-order valence-electron chi connectivity index (χ4n) is 4.68. The molecule has 0 radical (unpaired) electrons. The third-order valence-corrected chi connectivity index (χ3v) is 24.1. The summed E-state index contributed by atoms with van der Waals surface area (Å²) in [5.41, 5.74) is 0.962. The molecule has 0 saturated carbocycles. The minimum Gasteiger partial charge on any atom is -0.313 e. The van der Waals surface area contributed by atoms with Crippen LogP contribution in [0.25, 0.3) is 0 Å². The predicted molar refractivity (Wildman–Crippen MR) is 226 cm³/mol. The van der Waals surface area contributed by atoms with Gasteiger partial charge in [0.2, 0.25) is 0 Å². The van der Waals surface area contributed by atoms with Crippen LogP contribution in [0.4, 0.5) is 17.1 Å². The maximum absolute atomic E-state index is 14.0. The quantitative estimate of drug-likeness (QED) is 0.162. The first-order valence-electron chi connectivity index (χ1n) is 14.6. The van der Waals surface area contributed by atoms with Crippen LogP contribution in [0, 0.1) is 5.92 Å². The summed E-state index contributed by atoms with van der Waals surface area (Å²) in [6, 6.07) is 24.1. The van der Waals surface area contributed by atoms with Gasteiger partial charge < -0.3 is 14.7 Å². The zero-order valence-electron chi connectivity index (χ0n) is 27.4. The van der Waals surface area contributed by atoms with Crippen molar-refractivity contribution in [3.8, 4) is 0 Å². The molecule has 3 amide bonds. The molecule has 0 bridgehead atoms. The molecule has 284 valence electrons. The minimum atomic E-state index is -4.84. The van der Waals surface area contributed by atoms with E-state index in [4.69, 9.17) is 0 Å². The number of para-hydroxylation sites is 3. The monoisotopic (exact) mass is 1160 g/mol. The molecular formula is C31H31Br6N3O9S3. The lowest BCUT2D eigenvalue weighted by atomic mass is 10.3. The average molecular weight is 1170 g/mol. The van der Waals surface area contributed by atoms with Gasteiger partial charge in [-0.25, -0.2) is 25.3 Å². The Morgan fingerprint density at radius 2 is 0.654 bits per heavy atom. The van der Waals surface area contributed by atoms with Crippen molar-refractivity contribution in [2.45, 2.75) is 7.70 Å². The summed E-state index contributed by atoms with van der Waals surface area (Å²) in [5, 5.41) is 0. The number of nitrogens with zero attached hydrogens (tertiary/aromatic N) is 3. The van der Waals surface area contributed by atoms with Gasteiger partial charge in [0.25, 0.3) is 25.4 Å². The van der Waals surface area contributed by atoms with Crippen LogP contribution in [-0.4, -0.2) is 89.1 Å². The molecule has 0 aromatic heterocycles. The van der Waals surface area contributed by atoms with Gasteiger partial charge in [0.15, 0.2) is 29.5 Å². The molecule has 0 fully saturated rings. The molecule has 12 nitrogen and oxygen atoms in total. The van der Waals surface area contributed by atoms with Crippen molar-refractivity contribution < 1.29 is 39.6 Å². The highest BCUT2D eigenvalue weighted by Crippen LogP contribution is 2.43. The van der Waals surface area contributed by atoms with E-state index in [-0.39, 0.29) is 0 Å². The Bertz CT molecular complexity index is 1870. The lowest BCUT2D eigenvalue weighted by Crippen LogP contribution is -2.51. The van der Waals surface area contributed by atoms with E-state index in [0.717, 1.165) is 14.7 Å². The molecule has 3 rings (SSSR count). The molecule has 0 saturated heterocycles. The number of benzene rings is 3. The van der Waals surface area contributed by atoms with E-state index in [1.807, 2.05) is 0 Å². The Morgan fingerprint density at radius 3 is 0.846 bits per heavy atom. The second kappa shape index (κ2) is 17.3. The Labute approximate surface area is 353 Å². The predicted octanol–water partition coefficient (Wildman–Crippen LogP) is 6.17. The van der Waals surface area contributed by atoms with Crippen LogP contribution in [0.15, 0.2) is 91.0 Å². The second-order valence-corrected chi connectivity index (χ2v) is 31.4. The van der Waals surface area contributed by atoms with Crippen LogP contribution in [0.5, 0.6) is 0 Å². The van der Waals surface area contributed by atoms with E-state index in [1.54, 1.807) is 91.0 Å². The fourth-order valence-corrected chi connectivity index (χ4v) is 13.5. The van der Waals surface area contributed by atoms with Crippen molar-refractivity contribution in [1.82, 2.24) is 0 Å². The lowest BCUT2D eigenvalue weighted by Gasteiger charge is -2.31. The molecule has 0 atom stereocenters. The Hall–Kier alpha value is -1.20. The number of rotatable bonds is 15. The van der Waals surface area contributed by atoms with E-state index < -0.39 is 78.1 Å². The van der Waals surface area contributed by atoms with E-state index in [9.17, 15) is 39.6 Å². The first kappa shape index (κ1) is 45.2. The molecule has 3 aromatic carbocycles. The molecule has 0 heterocycles. The number of anilines is 3. The van der Waals surface area contributed by atoms with Gasteiger partial charge >= 0.3 is 0 Å². The molecule has 0 N–H and O–H groups in total. The number of hydrogen-bond donors (Lipinski definition) is 0. The van der Waals surface area contributed by atoms with E-state index in [1.165, 1.54) is 21.1 Å². The number of sulfone groups is 3. The maximum Gasteiger partial charge on any atom is 0.270 e. The van der Waals surface area contributed by atoms with Crippen molar-refractivity contribution >= 4 is 160 Å². The third-order valence-electron chi connectivity index (χ3n) is 7.63. The summed E-state index contributed by atoms with van der Waals surface area (Å²) in [6.07, 6.45) is 0. The standard InChI is InChI=1S/C31H31Br6N3O9S3/c1-38(23-13-7-4-8-14-23)26(41)29(32,33)50(44,45)19-22(20-51(46,47)30(34,35)27(42)39(2)24-15-9-5-10-16-24)21-52(48,49)31(36,37)28(43)40(3)25-17-11-6-12-18-25/h4-18,22H,19-21H2,1-3H3. The van der Waals surface area contributed by atoms with Gasteiger partial charge in [-0.15, -0.1) is 0 Å². The summed E-state index contributed by atoms with van der Waals surface area (Å²) in [5.74, 6) is -8.65. The maximum atomic E-state index is 14.0. The molecule has 0 aliphatic carbocycles. The summed E-state index contributed by atoms with van der Waals surface area (Å²) in [6.45, 7) is 0. The summed E-state index contributed by atoms with van der Waals surface area (Å²) in [4.78, 5) is 43.8. The van der Waals surface area contributed by atoms with Gasteiger partial charge in [-0.1, -0.05) is 54.6 Å². The molecule has 21 heteroatoms. The van der Waals surface area contributed by atoms with Crippen LogP contribution in [0.2, 0.25) is 0 Å². The van der Waals surface area contributed by atoms with Crippen LogP contribution in [0.3, 0.4) is 0 Å². The van der Waals surface area contributed by atoms with Crippen molar-refractivity contribution in [3.63, 3.8) is 0 Å². The van der Waals surface area contributed by atoms with Crippen LogP contribution < -0.4 is 14.7 Å². The molecule has 0 unspecified atom stereocenters. The smallest absolute Gasteiger partial charge is 0.270 e. The molecule has 0 spiro atoms. The largest absolute Gasteiger partial charge is 0.313 e. The highest BCUT2D eigenvalue weighted by molar-refractivity contribution is 9.29. The number of carbonyl (C=O) groups excluding carboxylic acids is 3. The Kier molecular flexibility index (Phi) is 15.0. The minimum absolute atomic E-state index is 0.321. The summed E-state index contributed by atoms with van der Waals surface area (Å²) in [7, 11) is -10.6. The Morgan fingerprint density at radius 1 is 0.462 bits per heavy atom. The first-order valence-corrected chi connectivity index (χ1v) is 24.3. The van der Waals surface area contributed by atoms with Crippen LogP contribution in [0.1, 0.15) is 0 Å². The number of alkyl halides is 6. The van der Waals surface area contributed by atoms with Gasteiger partial charge in [0, 0.05) is 44.1 Å². The topological polar surface area (TPSA) is 163 Å². The molecule has 0 aliphatic rings. The SMILES string of the molecule is CN(C(=O)C(Br)(Br)S(=O)(=O)CC(CS(=O)(=O)C(Br)(Br)C(=O)N(C)c1ccccc1)CS(=O)(=O)C(Br)(Br)C(=O)N(C)c1ccccc1)c1ccccc1. The highest BCUT2D eigenvalue weighted by atomic mass is 79.9. The zero-order valence-corrected chi connectivity index (χ0v) is 39.3. The third kappa shape index (κ3) is 9.78. The van der Waals surface area contributed by atoms with Gasteiger partial charge in [0.1, 0.15) is 0 Å². The number of carbonyl (C=O) groups is 3. The molecule has 0 aliphatic heterocycles. The van der Waals surface area contributed by atoms with E-state index in [2.05, 4.69) is 95.6 Å². The van der Waals surface area contributed by atoms with E-state index >= 15 is 0 Å². The molecular weight excluding hydrogens is 1130 g/mol. The van der Waals surface area contributed by atoms with Crippen molar-refractivity contribution in [2.75, 3.05) is 53.1 Å². The van der Waals surface area contributed by atoms with Crippen molar-refractivity contribution in [1.29, 1.82) is 0 Å². The number of hydrogen-bond acceptors (Lipinski definition) is 9. The Balaban J connectivity index is 2.07. The van der Waals surface area contributed by atoms with Gasteiger partial charge in [-0.05, 0) is 132 Å². The normalized spacial score (nSPS) is 13.0. The van der Waals surface area contributed by atoms with E-state index in [0.29, 0.717) is 17.1 Å². The van der Waals surface area contributed by atoms with Crippen LogP contribution >= 0.6 is 95.6 Å². The van der Waals surface area contributed by atoms with Crippen LogP contribution in [-0.2, 0) is 43.9 Å². The van der Waals surface area contributed by atoms with Gasteiger partial charge in [0.05, 0.1) is 17.3 Å². The number of halogens is 6. The van der Waals surface area contributed by atoms with Crippen molar-refractivity contribution in [2.24, 2.45) is 5.92 Å². The fraction of sp³-hybridized carbons (Fsp3) is 0.323. The van der Waals surface area contributed by atoms with Crippen molar-refractivity contribution in [3.05, 3.63) is 91.0 Å². The summed E-state index contributed by atoms with van der Waals surface area (Å²) < 4.78 is 76.5. The first-order chi connectivity index (χ1) is 23.8.